The molecule has 4 heterocycles. The minimum atomic E-state index is -2.63. The number of carbonyl (C=O) groups is 1. The fourth-order valence-electron chi connectivity index (χ4n) is 4.95. The van der Waals surface area contributed by atoms with Crippen molar-refractivity contribution in [3.63, 3.8) is 0 Å². The maximum absolute atomic E-state index is 13.1. The Labute approximate surface area is 203 Å². The Hall–Kier alpha value is -3.70. The molecule has 3 N–H and O–H groups in total. The Bertz CT molecular complexity index is 1370. The van der Waals surface area contributed by atoms with Crippen LogP contribution in [0.5, 0.6) is 0 Å². The summed E-state index contributed by atoms with van der Waals surface area (Å²) in [6.45, 7) is 0.700. The van der Waals surface area contributed by atoms with Crippen molar-refractivity contribution in [3.8, 4) is 0 Å². The number of carbonyl (C=O) groups excluding carboxylic acids is 1. The second kappa shape index (κ2) is 8.17. The molecule has 12 heteroatoms. The average Bonchev–Trinajstić information content (AvgIpc) is 3.23. The standard InChI is InChI=1S/C24H23F4N7O/c25-23(26)6-13(7-23)10-30-21(36)18-12-32-35-4-2-14(5-19(18)35)16-1-3-29-20-17(16)11-31-22(34-20)33-15-8-24(27,28)9-15/h1-2,4-5,11-13,15H,3,6-10H2,(H,30,36)(H2,29,31,33,34). The van der Waals surface area contributed by atoms with Gasteiger partial charge in [-0.2, -0.15) is 10.1 Å². The van der Waals surface area contributed by atoms with Crippen molar-refractivity contribution in [3.05, 3.63) is 53.5 Å². The first kappa shape index (κ1) is 22.7. The van der Waals surface area contributed by atoms with Crippen molar-refractivity contribution < 1.29 is 22.4 Å². The summed E-state index contributed by atoms with van der Waals surface area (Å²) in [7, 11) is 0. The van der Waals surface area contributed by atoms with Gasteiger partial charge in [-0.3, -0.25) is 4.79 Å². The molecular formula is C24H23F4N7O. The van der Waals surface area contributed by atoms with E-state index < -0.39 is 11.8 Å². The van der Waals surface area contributed by atoms with Gasteiger partial charge in [0.1, 0.15) is 5.82 Å². The highest BCUT2D eigenvalue weighted by atomic mass is 19.3. The van der Waals surface area contributed by atoms with Crippen LogP contribution in [-0.4, -0.2) is 56.5 Å². The number of hydrogen-bond acceptors (Lipinski definition) is 6. The Balaban J connectivity index is 1.20. The summed E-state index contributed by atoms with van der Waals surface area (Å²) in [6, 6.07) is 3.34. The van der Waals surface area contributed by atoms with E-state index in [-0.39, 0.29) is 56.0 Å². The number of amides is 1. The fraction of sp³-hybridized carbons (Fsp3) is 0.417. The molecule has 36 heavy (non-hydrogen) atoms. The Morgan fingerprint density at radius 1 is 1.14 bits per heavy atom. The van der Waals surface area contributed by atoms with E-state index in [1.165, 1.54) is 6.20 Å². The van der Waals surface area contributed by atoms with Gasteiger partial charge in [-0.25, -0.2) is 27.1 Å². The average molecular weight is 501 g/mol. The van der Waals surface area contributed by atoms with Gasteiger partial charge >= 0.3 is 0 Å². The number of rotatable bonds is 6. The molecule has 2 fully saturated rings. The summed E-state index contributed by atoms with van der Waals surface area (Å²) in [6.07, 6.45) is 5.93. The third-order valence-corrected chi connectivity index (χ3v) is 6.88. The molecule has 0 radical (unpaired) electrons. The van der Waals surface area contributed by atoms with E-state index in [2.05, 4.69) is 31.0 Å². The van der Waals surface area contributed by atoms with E-state index in [1.54, 1.807) is 16.9 Å². The molecule has 1 amide bonds. The lowest BCUT2D eigenvalue weighted by Gasteiger charge is -2.35. The number of nitrogens with one attached hydrogen (secondary N) is 3. The third-order valence-electron chi connectivity index (χ3n) is 6.88. The molecule has 2 aliphatic carbocycles. The molecule has 3 aromatic rings. The van der Waals surface area contributed by atoms with Crippen molar-refractivity contribution in [2.75, 3.05) is 23.7 Å². The van der Waals surface area contributed by atoms with Crippen molar-refractivity contribution in [1.82, 2.24) is 24.9 Å². The molecule has 0 bridgehead atoms. The van der Waals surface area contributed by atoms with Crippen LogP contribution in [0.25, 0.3) is 11.1 Å². The van der Waals surface area contributed by atoms with E-state index in [0.717, 1.165) is 16.7 Å². The minimum Gasteiger partial charge on any atom is -0.366 e. The van der Waals surface area contributed by atoms with Crippen LogP contribution in [0.1, 0.15) is 47.2 Å². The molecule has 2 saturated carbocycles. The van der Waals surface area contributed by atoms with Gasteiger partial charge in [-0.05, 0) is 29.2 Å². The normalized spacial score (nSPS) is 20.5. The minimum absolute atomic E-state index is 0.196. The SMILES string of the molecule is O=C(NCC1CC(F)(F)C1)c1cnn2ccc(C3=CCNc4nc(NC5CC(F)(F)C5)ncc43)cc12. The molecule has 0 unspecified atom stereocenters. The van der Waals surface area contributed by atoms with Crippen LogP contribution in [0, 0.1) is 5.92 Å². The monoisotopic (exact) mass is 501 g/mol. The zero-order chi connectivity index (χ0) is 25.1. The second-order valence-corrected chi connectivity index (χ2v) is 9.70. The fourth-order valence-corrected chi connectivity index (χ4v) is 4.95. The Morgan fingerprint density at radius 2 is 1.92 bits per heavy atom. The number of halogens is 4. The first-order chi connectivity index (χ1) is 17.2. The highest BCUT2D eigenvalue weighted by Crippen LogP contribution is 2.42. The number of fused-ring (bicyclic) bond motifs is 2. The molecule has 0 aromatic carbocycles. The molecule has 0 atom stereocenters. The maximum Gasteiger partial charge on any atom is 0.255 e. The number of nitrogens with zero attached hydrogens (tertiary/aromatic N) is 4. The van der Waals surface area contributed by atoms with E-state index >= 15 is 0 Å². The first-order valence-electron chi connectivity index (χ1n) is 11.8. The summed E-state index contributed by atoms with van der Waals surface area (Å²) < 4.78 is 54.0. The van der Waals surface area contributed by atoms with Crippen LogP contribution in [0.2, 0.25) is 0 Å². The van der Waals surface area contributed by atoms with Gasteiger partial charge in [0.15, 0.2) is 0 Å². The maximum atomic E-state index is 13.1. The molecule has 0 saturated heterocycles. The molecular weight excluding hydrogens is 478 g/mol. The van der Waals surface area contributed by atoms with Gasteiger partial charge in [0.05, 0.1) is 17.3 Å². The second-order valence-electron chi connectivity index (χ2n) is 9.70. The lowest BCUT2D eigenvalue weighted by molar-refractivity contribution is -0.108. The van der Waals surface area contributed by atoms with Crippen molar-refractivity contribution in [2.24, 2.45) is 5.92 Å². The zero-order valence-corrected chi connectivity index (χ0v) is 19.1. The molecule has 0 spiro atoms. The number of pyridine rings is 1. The van der Waals surface area contributed by atoms with Gasteiger partial charge in [0.2, 0.25) is 11.9 Å². The predicted molar refractivity (Wildman–Crippen MR) is 124 cm³/mol. The molecule has 3 aromatic heterocycles. The van der Waals surface area contributed by atoms with E-state index in [0.29, 0.717) is 23.4 Å². The van der Waals surface area contributed by atoms with E-state index in [1.807, 2.05) is 18.2 Å². The van der Waals surface area contributed by atoms with Gasteiger partial charge in [-0.15, -0.1) is 0 Å². The lowest BCUT2D eigenvalue weighted by Crippen LogP contribution is -2.44. The molecule has 3 aliphatic rings. The van der Waals surface area contributed by atoms with Gasteiger partial charge in [0.25, 0.3) is 11.8 Å². The van der Waals surface area contributed by atoms with Crippen molar-refractivity contribution in [1.29, 1.82) is 0 Å². The van der Waals surface area contributed by atoms with Crippen molar-refractivity contribution in [2.45, 2.75) is 43.6 Å². The highest BCUT2D eigenvalue weighted by Gasteiger charge is 2.46. The van der Waals surface area contributed by atoms with Crippen LogP contribution in [-0.2, 0) is 0 Å². The molecule has 6 rings (SSSR count). The summed E-state index contributed by atoms with van der Waals surface area (Å²) in [5, 5.41) is 13.1. The Morgan fingerprint density at radius 3 is 2.67 bits per heavy atom. The first-order valence-corrected chi connectivity index (χ1v) is 11.8. The number of hydrogen-bond donors (Lipinski definition) is 3. The largest absolute Gasteiger partial charge is 0.366 e. The summed E-state index contributed by atoms with van der Waals surface area (Å²) in [5.74, 6) is -4.97. The number of anilines is 2. The molecule has 188 valence electrons. The van der Waals surface area contributed by atoms with Crippen LogP contribution in [0.3, 0.4) is 0 Å². The van der Waals surface area contributed by atoms with Crippen LogP contribution in [0.15, 0.2) is 36.8 Å². The molecule has 1 aliphatic heterocycles. The topological polar surface area (TPSA) is 96.2 Å². The van der Waals surface area contributed by atoms with E-state index in [9.17, 15) is 22.4 Å². The summed E-state index contributed by atoms with van der Waals surface area (Å²) >= 11 is 0. The Kier molecular flexibility index (Phi) is 5.16. The summed E-state index contributed by atoms with van der Waals surface area (Å²) in [5.41, 5.74) is 3.35. The van der Waals surface area contributed by atoms with Gasteiger partial charge in [0, 0.05) is 62.8 Å². The van der Waals surface area contributed by atoms with Crippen molar-refractivity contribution >= 4 is 28.8 Å². The van der Waals surface area contributed by atoms with Crippen LogP contribution >= 0.6 is 0 Å². The predicted octanol–water partition coefficient (Wildman–Crippen LogP) is 3.97. The number of aromatic nitrogens is 4. The quantitative estimate of drug-likeness (QED) is 0.443. The third kappa shape index (κ3) is 4.24. The highest BCUT2D eigenvalue weighted by molar-refractivity contribution is 6.01. The smallest absolute Gasteiger partial charge is 0.255 e. The zero-order valence-electron chi connectivity index (χ0n) is 19.1. The van der Waals surface area contributed by atoms with Gasteiger partial charge < -0.3 is 16.0 Å². The number of alkyl halides is 4. The lowest BCUT2D eigenvalue weighted by atomic mass is 9.81. The van der Waals surface area contributed by atoms with Crippen LogP contribution < -0.4 is 16.0 Å². The van der Waals surface area contributed by atoms with Crippen LogP contribution in [0.4, 0.5) is 29.3 Å². The molecule has 8 nitrogen and oxygen atoms in total. The van der Waals surface area contributed by atoms with Gasteiger partial charge in [-0.1, -0.05) is 6.08 Å². The van der Waals surface area contributed by atoms with E-state index in [4.69, 9.17) is 0 Å². The summed E-state index contributed by atoms with van der Waals surface area (Å²) in [4.78, 5) is 21.5.